The number of carbonyl (C=O) groups is 1. The zero-order valence-corrected chi connectivity index (χ0v) is 14.0. The SMILES string of the molecule is CSc1ncc(CNC2CC(=O)N(CC(C)(C)C)C2)cn1. The molecule has 1 aliphatic heterocycles. The van der Waals surface area contributed by atoms with Crippen LogP contribution in [0, 0.1) is 5.41 Å². The highest BCUT2D eigenvalue weighted by atomic mass is 32.2. The van der Waals surface area contributed by atoms with Gasteiger partial charge in [-0.2, -0.15) is 0 Å². The first-order chi connectivity index (χ1) is 9.87. The van der Waals surface area contributed by atoms with Gasteiger partial charge in [-0.25, -0.2) is 9.97 Å². The van der Waals surface area contributed by atoms with Crippen molar-refractivity contribution in [1.82, 2.24) is 20.2 Å². The second kappa shape index (κ2) is 6.75. The number of carbonyl (C=O) groups excluding carboxylic acids is 1. The summed E-state index contributed by atoms with van der Waals surface area (Å²) < 4.78 is 0. The lowest BCUT2D eigenvalue weighted by atomic mass is 9.96. The minimum absolute atomic E-state index is 0.145. The lowest BCUT2D eigenvalue weighted by molar-refractivity contribution is -0.128. The van der Waals surface area contributed by atoms with Crippen LogP contribution in [-0.4, -0.2) is 46.2 Å². The van der Waals surface area contributed by atoms with E-state index in [0.29, 0.717) is 13.0 Å². The predicted octanol–water partition coefficient (Wildman–Crippen LogP) is 1.94. The van der Waals surface area contributed by atoms with Gasteiger partial charge in [0.1, 0.15) is 0 Å². The molecular weight excluding hydrogens is 284 g/mol. The number of likely N-dealkylation sites (tertiary alicyclic amines) is 1. The second-order valence-electron chi connectivity index (χ2n) is 6.69. The zero-order chi connectivity index (χ0) is 15.5. The average Bonchev–Trinajstić information content (AvgIpc) is 2.75. The van der Waals surface area contributed by atoms with E-state index < -0.39 is 0 Å². The van der Waals surface area contributed by atoms with Crippen molar-refractivity contribution in [3.05, 3.63) is 18.0 Å². The third-order valence-electron chi connectivity index (χ3n) is 3.34. The van der Waals surface area contributed by atoms with Crippen LogP contribution in [-0.2, 0) is 11.3 Å². The molecule has 1 aromatic heterocycles. The van der Waals surface area contributed by atoms with Crippen molar-refractivity contribution < 1.29 is 4.79 Å². The minimum atomic E-state index is 0.145. The molecule has 1 aromatic rings. The molecule has 1 aliphatic rings. The number of nitrogens with zero attached hydrogens (tertiary/aromatic N) is 3. The number of nitrogens with one attached hydrogen (secondary N) is 1. The number of hydrogen-bond acceptors (Lipinski definition) is 5. The summed E-state index contributed by atoms with van der Waals surface area (Å²) in [5.74, 6) is 0.247. The summed E-state index contributed by atoms with van der Waals surface area (Å²) in [6, 6.07) is 0.222. The Morgan fingerprint density at radius 1 is 1.38 bits per heavy atom. The van der Waals surface area contributed by atoms with Crippen LogP contribution < -0.4 is 5.32 Å². The molecule has 0 spiro atoms. The maximum atomic E-state index is 12.0. The van der Waals surface area contributed by atoms with Crippen molar-refractivity contribution in [2.24, 2.45) is 5.41 Å². The molecule has 5 nitrogen and oxygen atoms in total. The number of amides is 1. The monoisotopic (exact) mass is 308 g/mol. The normalized spacial score (nSPS) is 19.3. The molecule has 0 aliphatic carbocycles. The van der Waals surface area contributed by atoms with E-state index in [0.717, 1.165) is 23.8 Å². The first kappa shape index (κ1) is 16.2. The highest BCUT2D eigenvalue weighted by molar-refractivity contribution is 7.98. The topological polar surface area (TPSA) is 58.1 Å². The summed E-state index contributed by atoms with van der Waals surface area (Å²) in [4.78, 5) is 22.5. The molecule has 1 amide bonds. The van der Waals surface area contributed by atoms with Gasteiger partial charge in [0, 0.05) is 50.1 Å². The Bertz CT molecular complexity index is 483. The summed E-state index contributed by atoms with van der Waals surface area (Å²) in [6.45, 7) is 8.79. The number of rotatable bonds is 5. The molecule has 21 heavy (non-hydrogen) atoms. The molecule has 2 heterocycles. The summed E-state index contributed by atoms with van der Waals surface area (Å²) in [5, 5.41) is 4.22. The quantitative estimate of drug-likeness (QED) is 0.665. The van der Waals surface area contributed by atoms with E-state index in [1.807, 2.05) is 23.5 Å². The molecule has 1 saturated heterocycles. The van der Waals surface area contributed by atoms with Gasteiger partial charge in [0.15, 0.2) is 5.16 Å². The van der Waals surface area contributed by atoms with Crippen LogP contribution >= 0.6 is 11.8 Å². The van der Waals surface area contributed by atoms with Crippen LogP contribution in [0.2, 0.25) is 0 Å². The number of thioether (sulfide) groups is 1. The second-order valence-corrected chi connectivity index (χ2v) is 7.47. The summed E-state index contributed by atoms with van der Waals surface area (Å²) in [5.41, 5.74) is 1.20. The lowest BCUT2D eigenvalue weighted by Crippen LogP contribution is -2.36. The molecule has 116 valence electrons. The van der Waals surface area contributed by atoms with E-state index in [4.69, 9.17) is 0 Å². The van der Waals surface area contributed by atoms with Crippen LogP contribution in [0.3, 0.4) is 0 Å². The largest absolute Gasteiger partial charge is 0.341 e. The van der Waals surface area contributed by atoms with Crippen LogP contribution in [0.5, 0.6) is 0 Å². The maximum absolute atomic E-state index is 12.0. The lowest BCUT2D eigenvalue weighted by Gasteiger charge is -2.26. The molecule has 0 radical (unpaired) electrons. The Labute approximate surface area is 130 Å². The van der Waals surface area contributed by atoms with Crippen LogP contribution in [0.25, 0.3) is 0 Å². The molecule has 1 N–H and O–H groups in total. The van der Waals surface area contributed by atoms with E-state index in [9.17, 15) is 4.79 Å². The highest BCUT2D eigenvalue weighted by Gasteiger charge is 2.31. The van der Waals surface area contributed by atoms with Crippen molar-refractivity contribution in [2.75, 3.05) is 19.3 Å². The molecule has 0 saturated carbocycles. The Morgan fingerprint density at radius 3 is 2.62 bits per heavy atom. The molecule has 0 bridgehead atoms. The van der Waals surface area contributed by atoms with Crippen LogP contribution in [0.4, 0.5) is 0 Å². The number of hydrogen-bond donors (Lipinski definition) is 1. The minimum Gasteiger partial charge on any atom is -0.341 e. The van der Waals surface area contributed by atoms with Gasteiger partial charge in [-0.3, -0.25) is 4.79 Å². The molecule has 2 rings (SSSR count). The van der Waals surface area contributed by atoms with Gasteiger partial charge in [-0.05, 0) is 11.7 Å². The standard InChI is InChI=1S/C15H24N4OS/c1-15(2,3)10-19-9-12(5-13(19)20)16-6-11-7-17-14(21-4)18-8-11/h7-8,12,16H,5-6,9-10H2,1-4H3. The van der Waals surface area contributed by atoms with Crippen molar-refractivity contribution in [2.45, 2.75) is 44.9 Å². The Morgan fingerprint density at radius 2 is 2.05 bits per heavy atom. The van der Waals surface area contributed by atoms with Gasteiger partial charge in [-0.15, -0.1) is 0 Å². The van der Waals surface area contributed by atoms with Gasteiger partial charge in [0.2, 0.25) is 5.91 Å². The van der Waals surface area contributed by atoms with E-state index >= 15 is 0 Å². The summed E-state index contributed by atoms with van der Waals surface area (Å²) in [7, 11) is 0. The predicted molar refractivity (Wildman–Crippen MR) is 85.1 cm³/mol. The molecule has 1 fully saturated rings. The van der Waals surface area contributed by atoms with Crippen LogP contribution in [0.1, 0.15) is 32.8 Å². The Balaban J connectivity index is 1.83. The third-order valence-corrected chi connectivity index (χ3v) is 3.91. The molecule has 1 atom stereocenters. The molecule has 0 aromatic carbocycles. The van der Waals surface area contributed by atoms with E-state index in [1.54, 1.807) is 0 Å². The Hall–Kier alpha value is -1.14. The third kappa shape index (κ3) is 4.97. The van der Waals surface area contributed by atoms with E-state index in [-0.39, 0.29) is 17.4 Å². The molecule has 1 unspecified atom stereocenters. The summed E-state index contributed by atoms with van der Waals surface area (Å²) in [6.07, 6.45) is 6.23. The van der Waals surface area contributed by atoms with Gasteiger partial charge in [0.25, 0.3) is 0 Å². The molecular formula is C15H24N4OS. The van der Waals surface area contributed by atoms with Gasteiger partial charge >= 0.3 is 0 Å². The van der Waals surface area contributed by atoms with Crippen LogP contribution in [0.15, 0.2) is 17.6 Å². The highest BCUT2D eigenvalue weighted by Crippen LogP contribution is 2.20. The van der Waals surface area contributed by atoms with Gasteiger partial charge < -0.3 is 10.2 Å². The smallest absolute Gasteiger partial charge is 0.224 e. The first-order valence-corrected chi connectivity index (χ1v) is 8.46. The van der Waals surface area contributed by atoms with Crippen molar-refractivity contribution >= 4 is 17.7 Å². The van der Waals surface area contributed by atoms with Crippen molar-refractivity contribution in [3.63, 3.8) is 0 Å². The van der Waals surface area contributed by atoms with Crippen molar-refractivity contribution in [3.8, 4) is 0 Å². The van der Waals surface area contributed by atoms with Crippen molar-refractivity contribution in [1.29, 1.82) is 0 Å². The fourth-order valence-electron chi connectivity index (χ4n) is 2.44. The summed E-state index contributed by atoms with van der Waals surface area (Å²) >= 11 is 1.53. The maximum Gasteiger partial charge on any atom is 0.224 e. The van der Waals surface area contributed by atoms with E-state index in [2.05, 4.69) is 36.1 Å². The van der Waals surface area contributed by atoms with Gasteiger partial charge in [0.05, 0.1) is 0 Å². The Kier molecular flexibility index (Phi) is 5.22. The fraction of sp³-hybridized carbons (Fsp3) is 0.667. The average molecular weight is 308 g/mol. The fourth-order valence-corrected chi connectivity index (χ4v) is 2.75. The zero-order valence-electron chi connectivity index (χ0n) is 13.2. The number of aromatic nitrogens is 2. The van der Waals surface area contributed by atoms with E-state index in [1.165, 1.54) is 11.8 Å². The van der Waals surface area contributed by atoms with Gasteiger partial charge in [-0.1, -0.05) is 32.5 Å². The molecule has 6 heteroatoms. The first-order valence-electron chi connectivity index (χ1n) is 7.23.